The first-order valence-electron chi connectivity index (χ1n) is 3.08. The molecule has 0 radical (unpaired) electrons. The highest BCUT2D eigenvalue weighted by Gasteiger charge is 2.00. The van der Waals surface area contributed by atoms with Crippen molar-refractivity contribution < 1.29 is 4.42 Å². The Labute approximate surface area is 77.1 Å². The van der Waals surface area contributed by atoms with Gasteiger partial charge in [0.15, 0.2) is 0 Å². The highest BCUT2D eigenvalue weighted by molar-refractivity contribution is 9.10. The molecule has 2 rings (SSSR count). The van der Waals surface area contributed by atoms with E-state index in [1.54, 1.807) is 12.5 Å². The van der Waals surface area contributed by atoms with Gasteiger partial charge in [0.1, 0.15) is 0 Å². The van der Waals surface area contributed by atoms with Crippen LogP contribution in [-0.4, -0.2) is 0 Å². The predicted octanol–water partition coefficient (Wildman–Crippen LogP) is 3.85. The van der Waals surface area contributed by atoms with E-state index in [4.69, 9.17) is 16.0 Å². The molecular weight excluding hydrogens is 227 g/mol. The number of halogens is 2. The normalized spacial score (nSPS) is 10.7. The molecule has 0 N–H and O–H groups in total. The molecule has 0 aliphatic rings. The third-order valence-corrected chi connectivity index (χ3v) is 2.71. The fourth-order valence-corrected chi connectivity index (χ4v) is 1.50. The number of fused-ring (bicyclic) bond motifs is 1. The summed E-state index contributed by atoms with van der Waals surface area (Å²) < 4.78 is 5.89. The van der Waals surface area contributed by atoms with Crippen molar-refractivity contribution in [2.45, 2.75) is 0 Å². The van der Waals surface area contributed by atoms with Crippen molar-refractivity contribution in [1.82, 2.24) is 0 Å². The van der Waals surface area contributed by atoms with Gasteiger partial charge >= 0.3 is 0 Å². The Kier molecular flexibility index (Phi) is 1.66. The molecule has 1 aromatic heterocycles. The van der Waals surface area contributed by atoms with Gasteiger partial charge in [0.25, 0.3) is 0 Å². The van der Waals surface area contributed by atoms with Crippen molar-refractivity contribution in [3.63, 3.8) is 0 Å². The first-order chi connectivity index (χ1) is 5.27. The highest BCUT2D eigenvalue weighted by Crippen LogP contribution is 2.28. The summed E-state index contributed by atoms with van der Waals surface area (Å²) in [5.74, 6) is 0. The Bertz CT molecular complexity index is 358. The largest absolute Gasteiger partial charge is 0.471 e. The third-order valence-electron chi connectivity index (χ3n) is 1.52. The standard InChI is InChI=1S/C8H4BrClO/c9-7-1-5-3-11-4-6(5)2-8(7)10/h1-4H. The topological polar surface area (TPSA) is 13.1 Å². The Morgan fingerprint density at radius 3 is 2.55 bits per heavy atom. The third kappa shape index (κ3) is 1.17. The smallest absolute Gasteiger partial charge is 0.0981 e. The predicted molar refractivity (Wildman–Crippen MR) is 48.9 cm³/mol. The number of hydrogen-bond acceptors (Lipinski definition) is 1. The molecule has 0 unspecified atom stereocenters. The maximum Gasteiger partial charge on any atom is 0.0981 e. The van der Waals surface area contributed by atoms with Crippen LogP contribution < -0.4 is 0 Å². The minimum Gasteiger partial charge on any atom is -0.471 e. The lowest BCUT2D eigenvalue weighted by molar-refractivity contribution is 0.572. The van der Waals surface area contributed by atoms with E-state index < -0.39 is 0 Å². The maximum absolute atomic E-state index is 5.86. The van der Waals surface area contributed by atoms with E-state index in [1.807, 2.05) is 12.1 Å². The van der Waals surface area contributed by atoms with Crippen LogP contribution in [0.2, 0.25) is 5.02 Å². The molecule has 0 bridgehead atoms. The van der Waals surface area contributed by atoms with Crippen LogP contribution >= 0.6 is 27.5 Å². The summed E-state index contributed by atoms with van der Waals surface area (Å²) in [5, 5.41) is 2.79. The Balaban J connectivity index is 2.86. The van der Waals surface area contributed by atoms with Crippen LogP contribution in [0.3, 0.4) is 0 Å². The van der Waals surface area contributed by atoms with E-state index in [2.05, 4.69) is 15.9 Å². The number of hydrogen-bond donors (Lipinski definition) is 0. The average Bonchev–Trinajstić information content (AvgIpc) is 2.36. The van der Waals surface area contributed by atoms with E-state index in [0.717, 1.165) is 15.2 Å². The second-order valence-corrected chi connectivity index (χ2v) is 3.53. The summed E-state index contributed by atoms with van der Waals surface area (Å²) in [7, 11) is 0. The van der Waals surface area contributed by atoms with Gasteiger partial charge in [-0.3, -0.25) is 0 Å². The number of rotatable bonds is 0. The monoisotopic (exact) mass is 230 g/mol. The molecule has 0 aliphatic carbocycles. The van der Waals surface area contributed by atoms with E-state index in [9.17, 15) is 0 Å². The zero-order chi connectivity index (χ0) is 7.84. The van der Waals surface area contributed by atoms with Crippen LogP contribution in [0.5, 0.6) is 0 Å². The van der Waals surface area contributed by atoms with Crippen LogP contribution in [0.4, 0.5) is 0 Å². The van der Waals surface area contributed by atoms with Gasteiger partial charge in [-0.25, -0.2) is 0 Å². The Hall–Kier alpha value is -0.470. The lowest BCUT2D eigenvalue weighted by atomic mass is 10.2. The summed E-state index contributed by atoms with van der Waals surface area (Å²) >= 11 is 9.18. The maximum atomic E-state index is 5.86. The van der Waals surface area contributed by atoms with Crippen LogP contribution in [0.25, 0.3) is 10.8 Å². The van der Waals surface area contributed by atoms with Crippen molar-refractivity contribution >= 4 is 38.3 Å². The molecule has 3 heteroatoms. The molecule has 11 heavy (non-hydrogen) atoms. The van der Waals surface area contributed by atoms with Gasteiger partial charge in [-0.05, 0) is 28.1 Å². The second-order valence-electron chi connectivity index (χ2n) is 2.27. The molecule has 1 nitrogen and oxygen atoms in total. The van der Waals surface area contributed by atoms with Gasteiger partial charge in [0.05, 0.1) is 17.5 Å². The first kappa shape index (κ1) is 7.19. The summed E-state index contributed by atoms with van der Waals surface area (Å²) in [5.41, 5.74) is 0. The lowest BCUT2D eigenvalue weighted by Gasteiger charge is -1.93. The summed E-state index contributed by atoms with van der Waals surface area (Å²) in [4.78, 5) is 0. The molecule has 0 amide bonds. The molecule has 2 aromatic rings. The van der Waals surface area contributed by atoms with Crippen LogP contribution in [0.1, 0.15) is 0 Å². The molecular formula is C8H4BrClO. The first-order valence-corrected chi connectivity index (χ1v) is 4.25. The molecule has 0 aliphatic heterocycles. The SMILES string of the molecule is Clc1cc2cocc2cc1Br. The van der Waals surface area contributed by atoms with Gasteiger partial charge in [-0.15, -0.1) is 0 Å². The molecule has 56 valence electrons. The minimum atomic E-state index is 0.707. The van der Waals surface area contributed by atoms with Gasteiger partial charge in [-0.2, -0.15) is 0 Å². The van der Waals surface area contributed by atoms with E-state index in [1.165, 1.54) is 0 Å². The Morgan fingerprint density at radius 2 is 1.82 bits per heavy atom. The zero-order valence-electron chi connectivity index (χ0n) is 5.47. The summed E-state index contributed by atoms with van der Waals surface area (Å²) in [6, 6.07) is 3.80. The Morgan fingerprint density at radius 1 is 1.18 bits per heavy atom. The van der Waals surface area contributed by atoms with Crippen LogP contribution in [0.15, 0.2) is 33.5 Å². The van der Waals surface area contributed by atoms with Crippen molar-refractivity contribution in [1.29, 1.82) is 0 Å². The molecule has 0 saturated carbocycles. The second kappa shape index (κ2) is 2.54. The molecule has 0 atom stereocenters. The summed E-state index contributed by atoms with van der Waals surface area (Å²) in [6.07, 6.45) is 3.37. The quantitative estimate of drug-likeness (QED) is 0.671. The van der Waals surface area contributed by atoms with Crippen molar-refractivity contribution in [2.75, 3.05) is 0 Å². The lowest BCUT2D eigenvalue weighted by Crippen LogP contribution is -1.68. The summed E-state index contributed by atoms with van der Waals surface area (Å²) in [6.45, 7) is 0. The van der Waals surface area contributed by atoms with Crippen molar-refractivity contribution in [2.24, 2.45) is 0 Å². The van der Waals surface area contributed by atoms with E-state index in [0.29, 0.717) is 5.02 Å². The fraction of sp³-hybridized carbons (Fsp3) is 0. The number of furan rings is 1. The zero-order valence-corrected chi connectivity index (χ0v) is 7.82. The van der Waals surface area contributed by atoms with Gasteiger partial charge in [0.2, 0.25) is 0 Å². The molecule has 1 aromatic carbocycles. The molecule has 0 fully saturated rings. The fourth-order valence-electron chi connectivity index (χ4n) is 0.962. The van der Waals surface area contributed by atoms with Crippen molar-refractivity contribution in [3.05, 3.63) is 34.2 Å². The van der Waals surface area contributed by atoms with Crippen LogP contribution in [-0.2, 0) is 0 Å². The average molecular weight is 231 g/mol. The van der Waals surface area contributed by atoms with Gasteiger partial charge in [0, 0.05) is 15.2 Å². The van der Waals surface area contributed by atoms with Crippen LogP contribution in [0, 0.1) is 0 Å². The van der Waals surface area contributed by atoms with Gasteiger partial charge in [-0.1, -0.05) is 11.6 Å². The van der Waals surface area contributed by atoms with E-state index >= 15 is 0 Å². The minimum absolute atomic E-state index is 0.707. The molecule has 0 saturated heterocycles. The van der Waals surface area contributed by atoms with Gasteiger partial charge < -0.3 is 4.42 Å². The highest BCUT2D eigenvalue weighted by atomic mass is 79.9. The number of benzene rings is 1. The molecule has 0 spiro atoms. The van der Waals surface area contributed by atoms with Crippen molar-refractivity contribution in [3.8, 4) is 0 Å². The molecule has 1 heterocycles. The van der Waals surface area contributed by atoms with E-state index in [-0.39, 0.29) is 0 Å².